The summed E-state index contributed by atoms with van der Waals surface area (Å²) in [5.74, 6) is 0. The Kier molecular flexibility index (Phi) is 7.17. The van der Waals surface area contributed by atoms with Crippen LogP contribution in [0.2, 0.25) is 0 Å². The van der Waals surface area contributed by atoms with E-state index >= 15 is 0 Å². The molecule has 0 fully saturated rings. The van der Waals surface area contributed by atoms with Gasteiger partial charge in [0.2, 0.25) is 0 Å². The highest BCUT2D eigenvalue weighted by Gasteiger charge is 2.23. The Labute approximate surface area is 317 Å². The molecule has 0 unspecified atom stereocenters. The first-order valence-electron chi connectivity index (χ1n) is 18.7. The van der Waals surface area contributed by atoms with Gasteiger partial charge in [0.25, 0.3) is 0 Å². The molecule has 0 aliphatic carbocycles. The normalized spacial score (nSPS) is 11.6. The van der Waals surface area contributed by atoms with Crippen LogP contribution in [0.5, 0.6) is 0 Å². The summed E-state index contributed by atoms with van der Waals surface area (Å²) in [6, 6.07) is 70.7. The molecule has 11 rings (SSSR count). The molecule has 0 N–H and O–H groups in total. The smallest absolute Gasteiger partial charge is 0.143 e. The summed E-state index contributed by atoms with van der Waals surface area (Å²) < 4.78 is 13.6. The Morgan fingerprint density at radius 1 is 0.309 bits per heavy atom. The van der Waals surface area contributed by atoms with Crippen molar-refractivity contribution in [3.05, 3.63) is 200 Å². The molecule has 55 heavy (non-hydrogen) atoms. The molecule has 9 aromatic carbocycles. The molecule has 0 amide bonds. The highest BCUT2D eigenvalue weighted by Crippen LogP contribution is 2.47. The van der Waals surface area contributed by atoms with Crippen LogP contribution in [0, 0.1) is 0 Å². The number of nitrogens with zero attached hydrogens (tertiary/aromatic N) is 1. The van der Waals surface area contributed by atoms with Gasteiger partial charge in [-0.15, -0.1) is 0 Å². The summed E-state index contributed by atoms with van der Waals surface area (Å²) in [6.07, 6.45) is 0. The molecular formula is C52H33NO2. The molecule has 2 aromatic heterocycles. The van der Waals surface area contributed by atoms with E-state index in [1.807, 2.05) is 0 Å². The van der Waals surface area contributed by atoms with E-state index in [4.69, 9.17) is 8.83 Å². The van der Waals surface area contributed by atoms with E-state index < -0.39 is 0 Å². The lowest BCUT2D eigenvalue weighted by Gasteiger charge is -2.26. The molecule has 0 spiro atoms. The lowest BCUT2D eigenvalue weighted by Crippen LogP contribution is -2.10. The molecule has 0 aliphatic rings. The quantitative estimate of drug-likeness (QED) is 0.173. The van der Waals surface area contributed by atoms with E-state index in [0.717, 1.165) is 82.8 Å². The zero-order valence-electron chi connectivity index (χ0n) is 29.8. The third-order valence-corrected chi connectivity index (χ3v) is 10.9. The second-order valence-corrected chi connectivity index (χ2v) is 14.0. The molecule has 0 atom stereocenters. The van der Waals surface area contributed by atoms with Crippen LogP contribution in [0.1, 0.15) is 0 Å². The molecule has 258 valence electrons. The van der Waals surface area contributed by atoms with Gasteiger partial charge in [0.1, 0.15) is 22.3 Å². The van der Waals surface area contributed by atoms with E-state index in [1.165, 1.54) is 22.3 Å². The van der Waals surface area contributed by atoms with Gasteiger partial charge in [0.05, 0.1) is 11.1 Å². The summed E-state index contributed by atoms with van der Waals surface area (Å²) >= 11 is 0. The predicted molar refractivity (Wildman–Crippen MR) is 229 cm³/mol. The first-order valence-corrected chi connectivity index (χ1v) is 18.7. The molecule has 3 nitrogen and oxygen atoms in total. The number of rotatable bonds is 6. The van der Waals surface area contributed by atoms with Crippen molar-refractivity contribution in [1.82, 2.24) is 0 Å². The molecule has 2 heterocycles. The maximum atomic E-state index is 6.84. The van der Waals surface area contributed by atoms with Crippen LogP contribution in [0.15, 0.2) is 209 Å². The van der Waals surface area contributed by atoms with Crippen molar-refractivity contribution in [3.8, 4) is 33.4 Å². The van der Waals surface area contributed by atoms with Crippen LogP contribution < -0.4 is 4.90 Å². The monoisotopic (exact) mass is 703 g/mol. The van der Waals surface area contributed by atoms with Crippen molar-refractivity contribution >= 4 is 71.7 Å². The van der Waals surface area contributed by atoms with Crippen molar-refractivity contribution in [2.24, 2.45) is 0 Å². The minimum absolute atomic E-state index is 0.840. The fraction of sp³-hybridized carbons (Fsp3) is 0. The molecule has 0 saturated carbocycles. The fourth-order valence-corrected chi connectivity index (χ4v) is 8.30. The SMILES string of the molecule is c1ccc(-c2ccc(N(c3ccccc3)c3cccc4oc5c6ccccc6c(-c6cccc7c6oc6ccc(-c8ccccc8)cc67)cc5c34)cc2)cc1. The molecule has 0 aliphatic heterocycles. The van der Waals surface area contributed by atoms with E-state index in [1.54, 1.807) is 0 Å². The van der Waals surface area contributed by atoms with Gasteiger partial charge in [0.15, 0.2) is 0 Å². The van der Waals surface area contributed by atoms with Gasteiger partial charge in [-0.25, -0.2) is 0 Å². The molecule has 11 aromatic rings. The lowest BCUT2D eigenvalue weighted by atomic mass is 9.93. The molecule has 0 bridgehead atoms. The van der Waals surface area contributed by atoms with Crippen LogP contribution in [0.4, 0.5) is 17.1 Å². The minimum Gasteiger partial charge on any atom is -0.455 e. The third kappa shape index (κ3) is 5.13. The van der Waals surface area contributed by atoms with E-state index in [9.17, 15) is 0 Å². The minimum atomic E-state index is 0.840. The standard InChI is InChI=1S/C52H33NO2/c1-4-14-34(15-5-1)36-26-29-39(30-27-36)53(38-18-8-3-9-19-38)47-24-13-25-49-50(47)46-33-44(40-20-10-11-21-41(40)52(46)55-49)42-22-12-23-43-45-32-37(35-16-6-2-7-17-35)28-31-48(45)54-51(42)43/h1-33H. The maximum Gasteiger partial charge on any atom is 0.143 e. The molecule has 0 radical (unpaired) electrons. The highest BCUT2D eigenvalue weighted by atomic mass is 16.3. The van der Waals surface area contributed by atoms with Crippen LogP contribution in [-0.4, -0.2) is 0 Å². The molecular weight excluding hydrogens is 671 g/mol. The number of anilines is 3. The van der Waals surface area contributed by atoms with Crippen LogP contribution >= 0.6 is 0 Å². The van der Waals surface area contributed by atoms with Gasteiger partial charge in [-0.05, 0) is 87.8 Å². The average Bonchev–Trinajstić information content (AvgIpc) is 3.84. The Morgan fingerprint density at radius 3 is 1.64 bits per heavy atom. The molecule has 0 saturated heterocycles. The summed E-state index contributed by atoms with van der Waals surface area (Å²) in [4.78, 5) is 2.34. The van der Waals surface area contributed by atoms with Gasteiger partial charge in [0, 0.05) is 38.5 Å². The number of furan rings is 2. The van der Waals surface area contributed by atoms with Crippen LogP contribution in [0.25, 0.3) is 88.0 Å². The van der Waals surface area contributed by atoms with Crippen molar-refractivity contribution in [2.45, 2.75) is 0 Å². The average molecular weight is 704 g/mol. The van der Waals surface area contributed by atoms with E-state index in [0.29, 0.717) is 0 Å². The Morgan fingerprint density at radius 2 is 0.873 bits per heavy atom. The number of para-hydroxylation sites is 2. The van der Waals surface area contributed by atoms with Crippen molar-refractivity contribution in [3.63, 3.8) is 0 Å². The summed E-state index contributed by atoms with van der Waals surface area (Å²) in [7, 11) is 0. The number of benzene rings is 9. The molecule has 3 heteroatoms. The van der Waals surface area contributed by atoms with Gasteiger partial charge in [-0.2, -0.15) is 0 Å². The highest BCUT2D eigenvalue weighted by molar-refractivity contribution is 6.24. The topological polar surface area (TPSA) is 29.5 Å². The van der Waals surface area contributed by atoms with Gasteiger partial charge < -0.3 is 13.7 Å². The van der Waals surface area contributed by atoms with Crippen molar-refractivity contribution < 1.29 is 8.83 Å². The van der Waals surface area contributed by atoms with Crippen molar-refractivity contribution in [1.29, 1.82) is 0 Å². The van der Waals surface area contributed by atoms with Crippen LogP contribution in [0.3, 0.4) is 0 Å². The van der Waals surface area contributed by atoms with Gasteiger partial charge in [-0.1, -0.05) is 146 Å². The van der Waals surface area contributed by atoms with Crippen molar-refractivity contribution in [2.75, 3.05) is 4.90 Å². The van der Waals surface area contributed by atoms with Gasteiger partial charge >= 0.3 is 0 Å². The summed E-state index contributed by atoms with van der Waals surface area (Å²) in [5, 5.41) is 6.50. The number of fused-ring (bicyclic) bond motifs is 8. The Hall–Kier alpha value is -7.36. The third-order valence-electron chi connectivity index (χ3n) is 10.9. The Bertz CT molecular complexity index is 3180. The summed E-state index contributed by atoms with van der Waals surface area (Å²) in [6.45, 7) is 0. The largest absolute Gasteiger partial charge is 0.455 e. The predicted octanol–water partition coefficient (Wildman–Crippen LogP) is 15.1. The van der Waals surface area contributed by atoms with E-state index in [2.05, 4.69) is 205 Å². The van der Waals surface area contributed by atoms with E-state index in [-0.39, 0.29) is 0 Å². The zero-order valence-corrected chi connectivity index (χ0v) is 29.8. The van der Waals surface area contributed by atoms with Gasteiger partial charge in [-0.3, -0.25) is 0 Å². The second-order valence-electron chi connectivity index (χ2n) is 14.0. The first-order chi connectivity index (χ1) is 27.3. The lowest BCUT2D eigenvalue weighted by molar-refractivity contribution is 0.670. The fourth-order valence-electron chi connectivity index (χ4n) is 8.30. The number of hydrogen-bond acceptors (Lipinski definition) is 3. The first kappa shape index (κ1) is 31.2. The Balaban J connectivity index is 1.14. The number of hydrogen-bond donors (Lipinski definition) is 0. The second kappa shape index (κ2) is 12.6. The van der Waals surface area contributed by atoms with Crippen LogP contribution in [-0.2, 0) is 0 Å². The zero-order chi connectivity index (χ0) is 36.3. The summed E-state index contributed by atoms with van der Waals surface area (Å²) in [5.41, 5.74) is 13.5. The maximum absolute atomic E-state index is 6.84.